The lowest BCUT2D eigenvalue weighted by Gasteiger charge is -2.21. The molecule has 0 unspecified atom stereocenters. The second kappa shape index (κ2) is 5.74. The lowest BCUT2D eigenvalue weighted by Crippen LogP contribution is -2.42. The molecule has 0 atom stereocenters. The van der Waals surface area contributed by atoms with Gasteiger partial charge in [0.15, 0.2) is 0 Å². The Bertz CT molecular complexity index is 503. The van der Waals surface area contributed by atoms with Crippen LogP contribution in [0, 0.1) is 6.92 Å². The van der Waals surface area contributed by atoms with Crippen molar-refractivity contribution in [1.82, 2.24) is 10.4 Å². The molecule has 1 N–H and O–H groups in total. The van der Waals surface area contributed by atoms with Crippen molar-refractivity contribution < 1.29 is 9.53 Å². The van der Waals surface area contributed by atoms with Gasteiger partial charge in [-0.3, -0.25) is 0 Å². The lowest BCUT2D eigenvalue weighted by atomic mass is 9.90. The highest BCUT2D eigenvalue weighted by Gasteiger charge is 2.27. The predicted octanol–water partition coefficient (Wildman–Crippen LogP) is 3.37. The summed E-state index contributed by atoms with van der Waals surface area (Å²) in [6, 6.07) is 0. The van der Waals surface area contributed by atoms with Crippen LogP contribution in [0.25, 0.3) is 0 Å². The van der Waals surface area contributed by atoms with Crippen LogP contribution in [0.2, 0.25) is 0 Å². The van der Waals surface area contributed by atoms with Crippen molar-refractivity contribution in [3.05, 3.63) is 20.9 Å². The van der Waals surface area contributed by atoms with Gasteiger partial charge in [-0.15, -0.1) is 11.3 Å². The van der Waals surface area contributed by atoms with Gasteiger partial charge in [-0.2, -0.15) is 0 Å². The van der Waals surface area contributed by atoms with Crippen LogP contribution in [-0.2, 0) is 23.1 Å². The predicted molar refractivity (Wildman–Crippen MR) is 82.0 cm³/mol. The number of hydrazine groups is 1. The molecule has 0 aliphatic carbocycles. The van der Waals surface area contributed by atoms with Gasteiger partial charge < -0.3 is 4.74 Å². The zero-order valence-corrected chi connectivity index (χ0v) is 13.8. The molecule has 1 aromatic heterocycles. The molecule has 0 bridgehead atoms. The molecule has 0 aromatic carbocycles. The molecule has 1 aromatic rings. The van der Waals surface area contributed by atoms with Crippen LogP contribution in [0.4, 0.5) is 4.79 Å². The summed E-state index contributed by atoms with van der Waals surface area (Å²) in [6.45, 7) is 12.5. The van der Waals surface area contributed by atoms with Gasteiger partial charge in [0.1, 0.15) is 0 Å². The van der Waals surface area contributed by atoms with Crippen molar-refractivity contribution in [2.24, 2.45) is 0 Å². The largest absolute Gasteiger partial charge is 0.449 e. The van der Waals surface area contributed by atoms with Crippen LogP contribution < -0.4 is 5.43 Å². The van der Waals surface area contributed by atoms with Gasteiger partial charge in [0, 0.05) is 29.3 Å². The van der Waals surface area contributed by atoms with Gasteiger partial charge in [-0.1, -0.05) is 20.8 Å². The molecular weight excluding hydrogens is 272 g/mol. The second-order valence-corrected chi connectivity index (χ2v) is 7.25. The lowest BCUT2D eigenvalue weighted by molar-refractivity contribution is 0.0874. The Morgan fingerprint density at radius 2 is 2.15 bits per heavy atom. The first kappa shape index (κ1) is 15.3. The highest BCUT2D eigenvalue weighted by atomic mass is 32.1. The third-order valence-electron chi connectivity index (χ3n) is 3.53. The third-order valence-corrected chi connectivity index (χ3v) is 5.35. The SMILES string of the molecule is CCOC(=O)N1CCc2sc(C(C)(C)C)c(C)c2CN1. The number of nitrogens with one attached hydrogen (secondary N) is 1. The fourth-order valence-corrected chi connectivity index (χ4v) is 3.95. The van der Waals surface area contributed by atoms with Gasteiger partial charge in [-0.25, -0.2) is 15.2 Å². The molecule has 1 aliphatic heterocycles. The summed E-state index contributed by atoms with van der Waals surface area (Å²) in [4.78, 5) is 14.6. The molecule has 1 aliphatic rings. The number of thiophene rings is 1. The van der Waals surface area contributed by atoms with E-state index in [1.807, 2.05) is 18.3 Å². The number of fused-ring (bicyclic) bond motifs is 1. The van der Waals surface area contributed by atoms with Crippen molar-refractivity contribution in [2.75, 3.05) is 13.2 Å². The zero-order valence-electron chi connectivity index (χ0n) is 13.0. The van der Waals surface area contributed by atoms with Gasteiger partial charge in [0.2, 0.25) is 0 Å². The molecule has 20 heavy (non-hydrogen) atoms. The average molecular weight is 296 g/mol. The van der Waals surface area contributed by atoms with Gasteiger partial charge in [0.05, 0.1) is 6.61 Å². The van der Waals surface area contributed by atoms with E-state index in [4.69, 9.17) is 4.74 Å². The van der Waals surface area contributed by atoms with E-state index in [1.54, 1.807) is 5.01 Å². The molecular formula is C15H24N2O2S. The first-order valence-corrected chi connectivity index (χ1v) is 7.95. The second-order valence-electron chi connectivity index (χ2n) is 6.14. The summed E-state index contributed by atoms with van der Waals surface area (Å²) < 4.78 is 5.05. The molecule has 5 heteroatoms. The average Bonchev–Trinajstić information content (AvgIpc) is 2.56. The molecule has 0 spiro atoms. The summed E-state index contributed by atoms with van der Waals surface area (Å²) in [6.07, 6.45) is 0.610. The van der Waals surface area contributed by atoms with Crippen LogP contribution in [-0.4, -0.2) is 24.3 Å². The highest BCUT2D eigenvalue weighted by Crippen LogP contribution is 2.37. The Kier molecular flexibility index (Phi) is 4.39. The van der Waals surface area contributed by atoms with Crippen molar-refractivity contribution in [3.63, 3.8) is 0 Å². The maximum Gasteiger partial charge on any atom is 0.424 e. The maximum atomic E-state index is 11.8. The smallest absolute Gasteiger partial charge is 0.424 e. The minimum absolute atomic E-state index is 0.182. The Morgan fingerprint density at radius 1 is 1.45 bits per heavy atom. The third kappa shape index (κ3) is 2.99. The quantitative estimate of drug-likeness (QED) is 0.864. The van der Waals surface area contributed by atoms with E-state index in [-0.39, 0.29) is 11.5 Å². The van der Waals surface area contributed by atoms with Gasteiger partial charge >= 0.3 is 6.09 Å². The summed E-state index contributed by atoms with van der Waals surface area (Å²) in [7, 11) is 0. The number of hydrogen-bond acceptors (Lipinski definition) is 4. The number of nitrogens with zero attached hydrogens (tertiary/aromatic N) is 1. The molecule has 1 amide bonds. The van der Waals surface area contributed by atoms with Crippen molar-refractivity contribution >= 4 is 17.4 Å². The molecule has 0 fully saturated rings. The molecule has 0 saturated heterocycles. The maximum absolute atomic E-state index is 11.8. The van der Waals surface area contributed by atoms with Crippen molar-refractivity contribution in [2.45, 2.75) is 53.0 Å². The number of amides is 1. The van der Waals surface area contributed by atoms with E-state index < -0.39 is 0 Å². The molecule has 0 radical (unpaired) electrons. The van der Waals surface area contributed by atoms with E-state index in [1.165, 1.54) is 20.9 Å². The first-order chi connectivity index (χ1) is 9.34. The minimum Gasteiger partial charge on any atom is -0.449 e. The van der Waals surface area contributed by atoms with E-state index in [2.05, 4.69) is 33.1 Å². The van der Waals surface area contributed by atoms with E-state index >= 15 is 0 Å². The monoisotopic (exact) mass is 296 g/mol. The minimum atomic E-state index is -0.281. The number of hydrogen-bond donors (Lipinski definition) is 1. The topological polar surface area (TPSA) is 41.6 Å². The van der Waals surface area contributed by atoms with Crippen LogP contribution in [0.15, 0.2) is 0 Å². The number of carbonyl (C=O) groups excluding carboxylic acids is 1. The van der Waals surface area contributed by atoms with Crippen molar-refractivity contribution in [1.29, 1.82) is 0 Å². The fourth-order valence-electron chi connectivity index (χ4n) is 2.58. The summed E-state index contributed by atoms with van der Waals surface area (Å²) in [5.41, 5.74) is 6.10. The molecule has 2 heterocycles. The van der Waals surface area contributed by atoms with E-state index in [0.29, 0.717) is 19.7 Å². The molecule has 2 rings (SSSR count). The zero-order chi connectivity index (χ0) is 14.9. The van der Waals surface area contributed by atoms with Crippen LogP contribution in [0.3, 0.4) is 0 Å². The van der Waals surface area contributed by atoms with Crippen molar-refractivity contribution in [3.8, 4) is 0 Å². The summed E-state index contributed by atoms with van der Waals surface area (Å²) in [5, 5.41) is 1.59. The van der Waals surface area contributed by atoms with Gasteiger partial charge in [0.25, 0.3) is 0 Å². The molecule has 0 saturated carbocycles. The number of ether oxygens (including phenoxy) is 1. The van der Waals surface area contributed by atoms with E-state index in [9.17, 15) is 4.79 Å². The first-order valence-electron chi connectivity index (χ1n) is 7.14. The van der Waals surface area contributed by atoms with E-state index in [0.717, 1.165) is 6.42 Å². The van der Waals surface area contributed by atoms with Crippen LogP contribution >= 0.6 is 11.3 Å². The Labute approximate surface area is 125 Å². The number of carbonyl (C=O) groups is 1. The number of rotatable bonds is 1. The molecule has 4 nitrogen and oxygen atoms in total. The standard InChI is InChI=1S/C15H24N2O2S/c1-6-19-14(18)17-8-7-12-11(9-16-17)10(2)13(20-12)15(3,4)5/h16H,6-9H2,1-5H3. The van der Waals surface area contributed by atoms with Crippen LogP contribution in [0.1, 0.15) is 48.6 Å². The van der Waals surface area contributed by atoms with Gasteiger partial charge in [-0.05, 0) is 30.4 Å². The normalized spacial score (nSPS) is 15.8. The highest BCUT2D eigenvalue weighted by molar-refractivity contribution is 7.12. The fraction of sp³-hybridized carbons (Fsp3) is 0.667. The Balaban J connectivity index is 2.18. The summed E-state index contributed by atoms with van der Waals surface area (Å²) >= 11 is 1.89. The molecule has 112 valence electrons. The Hall–Kier alpha value is -1.07. The Morgan fingerprint density at radius 3 is 2.75 bits per heavy atom. The van der Waals surface area contributed by atoms with Crippen LogP contribution in [0.5, 0.6) is 0 Å². The summed E-state index contributed by atoms with van der Waals surface area (Å²) in [5.74, 6) is 0.